The Kier molecular flexibility index (Phi) is 3.26. The van der Waals surface area contributed by atoms with E-state index in [0.717, 1.165) is 0 Å². The number of aryl methyl sites for hydroxylation is 1. The molecule has 76 valence electrons. The normalized spacial score (nSPS) is 10.3. The van der Waals surface area contributed by atoms with E-state index in [-0.39, 0.29) is 23.5 Å². The zero-order valence-electron chi connectivity index (χ0n) is 7.90. The van der Waals surface area contributed by atoms with Crippen molar-refractivity contribution in [3.05, 3.63) is 27.5 Å². The molecule has 0 unspecified atom stereocenters. The molecule has 0 saturated carbocycles. The van der Waals surface area contributed by atoms with Gasteiger partial charge >= 0.3 is 0 Å². The Morgan fingerprint density at radius 1 is 1.64 bits per heavy atom. The number of benzene rings is 1. The number of phenolic OH excluding ortho intramolecular Hbond substituents is 1. The van der Waals surface area contributed by atoms with E-state index < -0.39 is 5.82 Å². The molecule has 14 heavy (non-hydrogen) atoms. The highest BCUT2D eigenvalue weighted by atomic mass is 79.9. The van der Waals surface area contributed by atoms with Crippen molar-refractivity contribution in [2.45, 2.75) is 20.3 Å². The second-order valence-corrected chi connectivity index (χ2v) is 4.05. The van der Waals surface area contributed by atoms with Gasteiger partial charge in [-0.3, -0.25) is 4.79 Å². The molecule has 0 aliphatic heterocycles. The topological polar surface area (TPSA) is 37.3 Å². The van der Waals surface area contributed by atoms with E-state index in [9.17, 15) is 14.3 Å². The van der Waals surface area contributed by atoms with Crippen LogP contribution >= 0.6 is 15.9 Å². The summed E-state index contributed by atoms with van der Waals surface area (Å²) in [6, 6.07) is 1.48. The van der Waals surface area contributed by atoms with Crippen LogP contribution in [0.2, 0.25) is 0 Å². The van der Waals surface area contributed by atoms with Gasteiger partial charge in [-0.15, -0.1) is 0 Å². The van der Waals surface area contributed by atoms with Gasteiger partial charge in [0.15, 0.2) is 0 Å². The van der Waals surface area contributed by atoms with Crippen LogP contribution < -0.4 is 0 Å². The summed E-state index contributed by atoms with van der Waals surface area (Å²) in [5.41, 5.74) is 0.468. The van der Waals surface area contributed by atoms with Crippen molar-refractivity contribution in [2.75, 3.05) is 0 Å². The van der Waals surface area contributed by atoms with Gasteiger partial charge in [0.2, 0.25) is 0 Å². The van der Waals surface area contributed by atoms with Crippen molar-refractivity contribution in [2.24, 2.45) is 0 Å². The smallest absolute Gasteiger partial charge is 0.136 e. The lowest BCUT2D eigenvalue weighted by molar-refractivity contribution is -0.116. The molecule has 0 fully saturated rings. The predicted molar refractivity (Wildman–Crippen MR) is 54.9 cm³/mol. The summed E-state index contributed by atoms with van der Waals surface area (Å²) in [6.07, 6.45) is -0.0854. The number of aromatic hydroxyl groups is 1. The van der Waals surface area contributed by atoms with E-state index >= 15 is 0 Å². The van der Waals surface area contributed by atoms with E-state index in [1.165, 1.54) is 13.0 Å². The molecule has 0 saturated heterocycles. The molecule has 0 aliphatic carbocycles. The molecule has 0 amide bonds. The third kappa shape index (κ3) is 2.12. The molecule has 0 radical (unpaired) electrons. The van der Waals surface area contributed by atoms with E-state index in [1.807, 2.05) is 0 Å². The molecule has 1 aromatic rings. The molecule has 1 aromatic carbocycles. The van der Waals surface area contributed by atoms with Gasteiger partial charge in [-0.25, -0.2) is 4.39 Å². The number of hydrogen-bond acceptors (Lipinski definition) is 2. The molecule has 2 nitrogen and oxygen atoms in total. The van der Waals surface area contributed by atoms with Crippen molar-refractivity contribution < 1.29 is 14.3 Å². The van der Waals surface area contributed by atoms with Crippen molar-refractivity contribution in [3.8, 4) is 5.75 Å². The zero-order valence-corrected chi connectivity index (χ0v) is 9.48. The minimum atomic E-state index is -0.513. The lowest BCUT2D eigenvalue weighted by atomic mass is 10.0. The van der Waals surface area contributed by atoms with Crippen molar-refractivity contribution in [1.82, 2.24) is 0 Å². The molecule has 0 aliphatic rings. The SMILES string of the molecule is CC(=O)Cc1c(O)c(Br)cc(C)c1F. The number of hydrogen-bond donors (Lipinski definition) is 1. The van der Waals surface area contributed by atoms with Gasteiger partial charge in [-0.2, -0.15) is 0 Å². The summed E-state index contributed by atoms with van der Waals surface area (Å²) in [5.74, 6) is -0.888. The van der Waals surface area contributed by atoms with Gasteiger partial charge in [0, 0.05) is 12.0 Å². The highest BCUT2D eigenvalue weighted by Gasteiger charge is 2.15. The fraction of sp³-hybridized carbons (Fsp3) is 0.300. The first kappa shape index (κ1) is 11.2. The molecule has 4 heteroatoms. The highest BCUT2D eigenvalue weighted by molar-refractivity contribution is 9.10. The molecule has 0 spiro atoms. The first-order valence-electron chi connectivity index (χ1n) is 4.09. The average Bonchev–Trinajstić information content (AvgIpc) is 2.09. The van der Waals surface area contributed by atoms with Crippen LogP contribution in [0, 0.1) is 12.7 Å². The second kappa shape index (κ2) is 4.09. The van der Waals surface area contributed by atoms with Crippen LogP contribution in [0.3, 0.4) is 0 Å². The standard InChI is InChI=1S/C10H10BrFO2/c1-5-3-8(11)10(14)7(9(5)12)4-6(2)13/h3,14H,4H2,1-2H3. The molecule has 0 heterocycles. The summed E-state index contributed by atoms with van der Waals surface area (Å²) in [6.45, 7) is 2.94. The van der Waals surface area contributed by atoms with Crippen molar-refractivity contribution >= 4 is 21.7 Å². The lowest BCUT2D eigenvalue weighted by Gasteiger charge is -2.08. The summed E-state index contributed by atoms with van der Waals surface area (Å²) >= 11 is 3.09. The van der Waals surface area contributed by atoms with Gasteiger partial charge in [0.1, 0.15) is 17.3 Å². The maximum Gasteiger partial charge on any atom is 0.136 e. The van der Waals surface area contributed by atoms with Crippen molar-refractivity contribution in [3.63, 3.8) is 0 Å². The molecular formula is C10H10BrFO2. The number of ketones is 1. The quantitative estimate of drug-likeness (QED) is 0.888. The van der Waals surface area contributed by atoms with Crippen LogP contribution in [-0.2, 0) is 11.2 Å². The lowest BCUT2D eigenvalue weighted by Crippen LogP contribution is -2.02. The Bertz CT molecular complexity index is 362. The van der Waals surface area contributed by atoms with Crippen molar-refractivity contribution in [1.29, 1.82) is 0 Å². The maximum atomic E-state index is 13.5. The second-order valence-electron chi connectivity index (χ2n) is 3.20. The number of phenols is 1. The van der Waals surface area contributed by atoms with Crippen LogP contribution in [0.25, 0.3) is 0 Å². The van der Waals surface area contributed by atoms with Crippen LogP contribution in [0.15, 0.2) is 10.5 Å². The summed E-state index contributed by atoms with van der Waals surface area (Å²) < 4.78 is 13.9. The highest BCUT2D eigenvalue weighted by Crippen LogP contribution is 2.32. The number of halogens is 2. The van der Waals surface area contributed by atoms with Gasteiger partial charge in [0.25, 0.3) is 0 Å². The Hall–Kier alpha value is -0.900. The first-order chi connectivity index (χ1) is 6.43. The molecule has 0 atom stereocenters. The minimum absolute atomic E-state index is 0.0596. The van der Waals surface area contributed by atoms with Crippen LogP contribution in [0.1, 0.15) is 18.1 Å². The number of carbonyl (C=O) groups excluding carboxylic acids is 1. The molecule has 0 aromatic heterocycles. The number of Topliss-reactive ketones (excluding diaryl/α,β-unsaturated/α-hetero) is 1. The molecule has 0 bridgehead atoms. The van der Waals surface area contributed by atoms with Gasteiger partial charge in [-0.05, 0) is 41.4 Å². The van der Waals surface area contributed by atoms with E-state index in [2.05, 4.69) is 15.9 Å². The van der Waals surface area contributed by atoms with E-state index in [1.54, 1.807) is 6.92 Å². The largest absolute Gasteiger partial charge is 0.506 e. The van der Waals surface area contributed by atoms with Crippen LogP contribution in [0.4, 0.5) is 4.39 Å². The van der Waals surface area contributed by atoms with E-state index in [0.29, 0.717) is 10.0 Å². The molecule has 1 N–H and O–H groups in total. The first-order valence-corrected chi connectivity index (χ1v) is 4.88. The molecular weight excluding hydrogens is 251 g/mol. The Morgan fingerprint density at radius 2 is 2.21 bits per heavy atom. The summed E-state index contributed by atoms with van der Waals surface area (Å²) in [5, 5.41) is 9.51. The van der Waals surface area contributed by atoms with E-state index in [4.69, 9.17) is 0 Å². The summed E-state index contributed by atoms with van der Waals surface area (Å²) in [7, 11) is 0. The Morgan fingerprint density at radius 3 is 2.71 bits per heavy atom. The predicted octanol–water partition coefficient (Wildman–Crippen LogP) is 2.73. The average molecular weight is 261 g/mol. The summed E-state index contributed by atoms with van der Waals surface area (Å²) in [4.78, 5) is 10.8. The number of carbonyl (C=O) groups is 1. The third-order valence-corrected chi connectivity index (χ3v) is 2.50. The zero-order chi connectivity index (χ0) is 10.9. The molecule has 1 rings (SSSR count). The van der Waals surface area contributed by atoms with Gasteiger partial charge < -0.3 is 5.11 Å². The number of rotatable bonds is 2. The minimum Gasteiger partial charge on any atom is -0.506 e. The third-order valence-electron chi connectivity index (χ3n) is 1.89. The van der Waals surface area contributed by atoms with Crippen LogP contribution in [-0.4, -0.2) is 10.9 Å². The fourth-order valence-electron chi connectivity index (χ4n) is 1.22. The Balaban J connectivity index is 3.31. The van der Waals surface area contributed by atoms with Gasteiger partial charge in [-0.1, -0.05) is 0 Å². The van der Waals surface area contributed by atoms with Crippen LogP contribution in [0.5, 0.6) is 5.75 Å². The maximum absolute atomic E-state index is 13.5. The fourth-order valence-corrected chi connectivity index (χ4v) is 1.80. The van der Waals surface area contributed by atoms with Gasteiger partial charge in [0.05, 0.1) is 4.47 Å². The Labute approximate surface area is 89.9 Å². The monoisotopic (exact) mass is 260 g/mol.